The van der Waals surface area contributed by atoms with Crippen LogP contribution < -0.4 is 10.6 Å². The van der Waals surface area contributed by atoms with Crippen LogP contribution in [0.2, 0.25) is 0 Å². The lowest BCUT2D eigenvalue weighted by Gasteiger charge is -2.16. The molecule has 0 rings (SSSR count). The molecule has 14 heavy (non-hydrogen) atoms. The Morgan fingerprint density at radius 2 is 2.07 bits per heavy atom. The van der Waals surface area contributed by atoms with Gasteiger partial charge in [0.05, 0.1) is 13.2 Å². The molecule has 0 bridgehead atoms. The van der Waals surface area contributed by atoms with Gasteiger partial charge in [-0.2, -0.15) is 0 Å². The molecule has 0 saturated heterocycles. The fourth-order valence-electron chi connectivity index (χ4n) is 1.08. The van der Waals surface area contributed by atoms with Gasteiger partial charge in [0.15, 0.2) is 0 Å². The Hall–Kier alpha value is -0.650. The zero-order valence-corrected chi connectivity index (χ0v) is 9.13. The van der Waals surface area contributed by atoms with Crippen molar-refractivity contribution in [3.8, 4) is 0 Å². The summed E-state index contributed by atoms with van der Waals surface area (Å²) < 4.78 is 9.89. The SMILES string of the molecule is CNC(=O)CC(COC)NCCOC. The van der Waals surface area contributed by atoms with E-state index < -0.39 is 0 Å². The molecule has 0 aromatic carbocycles. The van der Waals surface area contributed by atoms with Crippen molar-refractivity contribution in [3.63, 3.8) is 0 Å². The Bertz CT molecular complexity index is 153. The highest BCUT2D eigenvalue weighted by Crippen LogP contribution is 1.92. The van der Waals surface area contributed by atoms with Crippen molar-refractivity contribution in [1.29, 1.82) is 0 Å². The summed E-state index contributed by atoms with van der Waals surface area (Å²) in [7, 11) is 4.89. The molecule has 0 aromatic rings. The summed E-state index contributed by atoms with van der Waals surface area (Å²) in [5.74, 6) is 0.0111. The summed E-state index contributed by atoms with van der Waals surface area (Å²) in [6.07, 6.45) is 0.425. The molecule has 0 aliphatic carbocycles. The van der Waals surface area contributed by atoms with Gasteiger partial charge in [0, 0.05) is 40.3 Å². The van der Waals surface area contributed by atoms with Crippen LogP contribution in [0.4, 0.5) is 0 Å². The number of ether oxygens (including phenoxy) is 2. The van der Waals surface area contributed by atoms with Gasteiger partial charge >= 0.3 is 0 Å². The first kappa shape index (κ1) is 13.4. The maximum atomic E-state index is 11.1. The molecule has 0 aromatic heterocycles. The van der Waals surface area contributed by atoms with E-state index in [4.69, 9.17) is 9.47 Å². The standard InChI is InChI=1S/C9H20N2O3/c1-10-9(12)6-8(7-14-3)11-4-5-13-2/h8,11H,4-7H2,1-3H3,(H,10,12). The van der Waals surface area contributed by atoms with Gasteiger partial charge in [0.1, 0.15) is 0 Å². The van der Waals surface area contributed by atoms with E-state index in [1.54, 1.807) is 21.3 Å². The van der Waals surface area contributed by atoms with Crippen molar-refractivity contribution in [2.75, 3.05) is 41.0 Å². The van der Waals surface area contributed by atoms with E-state index in [0.29, 0.717) is 19.6 Å². The number of rotatable bonds is 8. The normalized spacial score (nSPS) is 12.5. The van der Waals surface area contributed by atoms with Crippen LogP contribution in [0.5, 0.6) is 0 Å². The van der Waals surface area contributed by atoms with Crippen LogP contribution in [0.15, 0.2) is 0 Å². The predicted octanol–water partition coefficient (Wildman–Crippen LogP) is -0.626. The van der Waals surface area contributed by atoms with Crippen LogP contribution in [0.25, 0.3) is 0 Å². The zero-order valence-electron chi connectivity index (χ0n) is 9.13. The van der Waals surface area contributed by atoms with Crippen molar-refractivity contribution >= 4 is 5.91 Å². The fourth-order valence-corrected chi connectivity index (χ4v) is 1.08. The second kappa shape index (κ2) is 8.93. The van der Waals surface area contributed by atoms with Crippen LogP contribution in [0, 0.1) is 0 Å². The highest BCUT2D eigenvalue weighted by atomic mass is 16.5. The predicted molar refractivity (Wildman–Crippen MR) is 54.2 cm³/mol. The molecule has 0 heterocycles. The number of methoxy groups -OCH3 is 2. The first-order chi connectivity index (χ1) is 6.74. The molecule has 2 N–H and O–H groups in total. The summed E-state index contributed by atoms with van der Waals surface area (Å²) in [5, 5.41) is 5.75. The average molecular weight is 204 g/mol. The molecule has 0 fully saturated rings. The van der Waals surface area contributed by atoms with E-state index in [9.17, 15) is 4.79 Å². The molecule has 0 saturated carbocycles. The molecule has 5 heteroatoms. The number of carbonyl (C=O) groups is 1. The average Bonchev–Trinajstić information content (AvgIpc) is 2.18. The number of nitrogens with one attached hydrogen (secondary N) is 2. The van der Waals surface area contributed by atoms with E-state index in [0.717, 1.165) is 6.54 Å². The van der Waals surface area contributed by atoms with Gasteiger partial charge in [-0.1, -0.05) is 0 Å². The van der Waals surface area contributed by atoms with Gasteiger partial charge in [0.2, 0.25) is 5.91 Å². The van der Waals surface area contributed by atoms with Crippen molar-refractivity contribution < 1.29 is 14.3 Å². The van der Waals surface area contributed by atoms with Crippen molar-refractivity contribution in [2.45, 2.75) is 12.5 Å². The lowest BCUT2D eigenvalue weighted by molar-refractivity contribution is -0.121. The monoisotopic (exact) mass is 204 g/mol. The van der Waals surface area contributed by atoms with Crippen LogP contribution in [0.1, 0.15) is 6.42 Å². The Balaban J connectivity index is 3.70. The smallest absolute Gasteiger partial charge is 0.221 e. The molecular weight excluding hydrogens is 184 g/mol. The largest absolute Gasteiger partial charge is 0.383 e. The topological polar surface area (TPSA) is 59.6 Å². The van der Waals surface area contributed by atoms with Gasteiger partial charge in [-0.15, -0.1) is 0 Å². The first-order valence-electron chi connectivity index (χ1n) is 4.66. The minimum atomic E-state index is 0.0111. The number of hydrogen-bond donors (Lipinski definition) is 2. The molecule has 1 atom stereocenters. The summed E-state index contributed by atoms with van der Waals surface area (Å²) in [6, 6.07) is 0.0510. The first-order valence-corrected chi connectivity index (χ1v) is 4.66. The third-order valence-corrected chi connectivity index (χ3v) is 1.82. The molecular formula is C9H20N2O3. The fraction of sp³-hybridized carbons (Fsp3) is 0.889. The van der Waals surface area contributed by atoms with Gasteiger partial charge in [0.25, 0.3) is 0 Å². The van der Waals surface area contributed by atoms with E-state index in [2.05, 4.69) is 10.6 Å². The molecule has 5 nitrogen and oxygen atoms in total. The summed E-state index contributed by atoms with van der Waals surface area (Å²) in [4.78, 5) is 11.1. The van der Waals surface area contributed by atoms with Crippen LogP contribution in [-0.2, 0) is 14.3 Å². The summed E-state index contributed by atoms with van der Waals surface area (Å²) in [6.45, 7) is 1.88. The maximum absolute atomic E-state index is 11.1. The number of carbonyl (C=O) groups excluding carboxylic acids is 1. The molecule has 84 valence electrons. The van der Waals surface area contributed by atoms with Crippen molar-refractivity contribution in [2.24, 2.45) is 0 Å². The Morgan fingerprint density at radius 3 is 2.57 bits per heavy atom. The molecule has 1 amide bonds. The third-order valence-electron chi connectivity index (χ3n) is 1.82. The molecule has 0 aliphatic rings. The lowest BCUT2D eigenvalue weighted by Crippen LogP contribution is -2.39. The van der Waals surface area contributed by atoms with E-state index >= 15 is 0 Å². The number of hydrogen-bond acceptors (Lipinski definition) is 4. The van der Waals surface area contributed by atoms with Crippen molar-refractivity contribution in [1.82, 2.24) is 10.6 Å². The van der Waals surface area contributed by atoms with Gasteiger partial charge in [-0.25, -0.2) is 0 Å². The molecule has 0 aliphatic heterocycles. The van der Waals surface area contributed by atoms with Crippen molar-refractivity contribution in [3.05, 3.63) is 0 Å². The quantitative estimate of drug-likeness (QED) is 0.517. The van der Waals surface area contributed by atoms with E-state index in [-0.39, 0.29) is 11.9 Å². The van der Waals surface area contributed by atoms with E-state index in [1.165, 1.54) is 0 Å². The Labute approximate surface area is 85.1 Å². The second-order valence-corrected chi connectivity index (χ2v) is 2.98. The minimum absolute atomic E-state index is 0.0111. The maximum Gasteiger partial charge on any atom is 0.221 e. The lowest BCUT2D eigenvalue weighted by atomic mass is 10.2. The third kappa shape index (κ3) is 6.82. The van der Waals surface area contributed by atoms with E-state index in [1.807, 2.05) is 0 Å². The van der Waals surface area contributed by atoms with Crippen LogP contribution in [-0.4, -0.2) is 53.0 Å². The van der Waals surface area contributed by atoms with Crippen LogP contribution in [0.3, 0.4) is 0 Å². The molecule has 0 radical (unpaired) electrons. The zero-order chi connectivity index (χ0) is 10.8. The Kier molecular flexibility index (Phi) is 8.51. The molecule has 0 spiro atoms. The van der Waals surface area contributed by atoms with Gasteiger partial charge in [-0.3, -0.25) is 4.79 Å². The highest BCUT2D eigenvalue weighted by molar-refractivity contribution is 5.76. The summed E-state index contributed by atoms with van der Waals surface area (Å²) >= 11 is 0. The Morgan fingerprint density at radius 1 is 1.36 bits per heavy atom. The van der Waals surface area contributed by atoms with Crippen LogP contribution >= 0.6 is 0 Å². The summed E-state index contributed by atoms with van der Waals surface area (Å²) in [5.41, 5.74) is 0. The van der Waals surface area contributed by atoms with Gasteiger partial charge < -0.3 is 20.1 Å². The highest BCUT2D eigenvalue weighted by Gasteiger charge is 2.11. The molecule has 1 unspecified atom stereocenters. The minimum Gasteiger partial charge on any atom is -0.383 e. The van der Waals surface area contributed by atoms with Gasteiger partial charge in [-0.05, 0) is 0 Å². The number of amides is 1. The second-order valence-electron chi connectivity index (χ2n) is 2.98.